The first-order valence-electron chi connectivity index (χ1n) is 7.99. The lowest BCUT2D eigenvalue weighted by Crippen LogP contribution is -2.18. The second-order valence-electron chi connectivity index (χ2n) is 5.99. The molecule has 6 nitrogen and oxygen atoms in total. The number of carbonyl (C=O) groups excluding carboxylic acids is 1. The predicted octanol–water partition coefficient (Wildman–Crippen LogP) is 4.47. The summed E-state index contributed by atoms with van der Waals surface area (Å²) in [4.78, 5) is 12.2. The zero-order valence-electron chi connectivity index (χ0n) is 14.5. The Morgan fingerprint density at radius 3 is 2.56 bits per heavy atom. The quantitative estimate of drug-likeness (QED) is 0.444. The molecule has 0 saturated carbocycles. The van der Waals surface area contributed by atoms with Crippen LogP contribution in [0.3, 0.4) is 0 Å². The molecule has 3 rings (SSSR count). The van der Waals surface area contributed by atoms with E-state index in [-0.39, 0.29) is 11.4 Å². The number of benzene rings is 2. The highest BCUT2D eigenvalue weighted by Crippen LogP contribution is 2.29. The highest BCUT2D eigenvalue weighted by Gasteiger charge is 2.13. The Bertz CT molecular complexity index is 1020. The fraction of sp³-hybridized carbons (Fsp3) is 0.105. The van der Waals surface area contributed by atoms with Gasteiger partial charge in [0.15, 0.2) is 0 Å². The number of hydrogen-bond donors (Lipinski definition) is 3. The molecule has 0 aliphatic rings. The van der Waals surface area contributed by atoms with E-state index in [1.807, 2.05) is 0 Å². The number of nitrogens with one attached hydrogen (secondary N) is 2. The Balaban J connectivity index is 1.71. The monoisotopic (exact) mass is 402 g/mol. The Kier molecular flexibility index (Phi) is 5.48. The summed E-state index contributed by atoms with van der Waals surface area (Å²) in [7, 11) is 0. The van der Waals surface area contributed by atoms with Gasteiger partial charge in [-0.1, -0.05) is 23.2 Å². The molecule has 0 unspecified atom stereocenters. The molecule has 0 saturated heterocycles. The van der Waals surface area contributed by atoms with Crippen LogP contribution in [0.4, 0.5) is 0 Å². The lowest BCUT2D eigenvalue weighted by molar-refractivity contribution is 0.0950. The molecule has 0 bridgehead atoms. The van der Waals surface area contributed by atoms with Crippen molar-refractivity contribution in [3.63, 3.8) is 0 Å². The van der Waals surface area contributed by atoms with Gasteiger partial charge in [-0.25, -0.2) is 5.43 Å². The van der Waals surface area contributed by atoms with E-state index in [1.165, 1.54) is 6.21 Å². The minimum Gasteiger partial charge on any atom is -0.507 e. The summed E-state index contributed by atoms with van der Waals surface area (Å²) in [5.41, 5.74) is 6.10. The van der Waals surface area contributed by atoms with Crippen LogP contribution in [0.2, 0.25) is 10.0 Å². The summed E-state index contributed by atoms with van der Waals surface area (Å²) < 4.78 is 0. The molecule has 0 aliphatic carbocycles. The molecule has 0 spiro atoms. The molecule has 0 aliphatic heterocycles. The fourth-order valence-corrected chi connectivity index (χ4v) is 3.07. The van der Waals surface area contributed by atoms with E-state index >= 15 is 0 Å². The number of phenolic OH excluding ortho intramolecular Hbond substituents is 1. The fourth-order valence-electron chi connectivity index (χ4n) is 2.56. The van der Waals surface area contributed by atoms with Gasteiger partial charge in [-0.15, -0.1) is 0 Å². The van der Waals surface area contributed by atoms with Crippen molar-refractivity contribution in [2.75, 3.05) is 0 Å². The number of phenols is 1. The number of aryl methyl sites for hydroxylation is 2. The van der Waals surface area contributed by atoms with Gasteiger partial charge in [0, 0.05) is 10.6 Å². The van der Waals surface area contributed by atoms with E-state index in [1.54, 1.807) is 50.2 Å². The Hall–Kier alpha value is -2.83. The van der Waals surface area contributed by atoms with Crippen molar-refractivity contribution in [3.05, 3.63) is 68.8 Å². The number of hydrazone groups is 1. The first kappa shape index (κ1) is 18.9. The van der Waals surface area contributed by atoms with Crippen LogP contribution in [0.15, 0.2) is 41.5 Å². The molecule has 3 N–H and O–H groups in total. The van der Waals surface area contributed by atoms with Crippen LogP contribution in [0.1, 0.15) is 27.2 Å². The van der Waals surface area contributed by atoms with Crippen molar-refractivity contribution in [2.45, 2.75) is 13.8 Å². The number of carbonyl (C=O) groups is 1. The molecule has 1 aromatic heterocycles. The normalized spacial score (nSPS) is 11.1. The van der Waals surface area contributed by atoms with E-state index in [2.05, 4.69) is 20.7 Å². The molecule has 0 radical (unpaired) electrons. The van der Waals surface area contributed by atoms with Gasteiger partial charge in [0.05, 0.1) is 16.9 Å². The van der Waals surface area contributed by atoms with E-state index in [0.717, 1.165) is 16.7 Å². The van der Waals surface area contributed by atoms with Crippen molar-refractivity contribution in [2.24, 2.45) is 5.10 Å². The summed E-state index contributed by atoms with van der Waals surface area (Å²) in [5, 5.41) is 21.5. The molecule has 0 fully saturated rings. The first-order valence-corrected chi connectivity index (χ1v) is 8.75. The number of aromatic nitrogens is 2. The number of aromatic hydroxyl groups is 1. The molecular weight excluding hydrogens is 387 g/mol. The summed E-state index contributed by atoms with van der Waals surface area (Å²) in [6.07, 6.45) is 1.50. The van der Waals surface area contributed by atoms with Gasteiger partial charge < -0.3 is 5.11 Å². The zero-order valence-corrected chi connectivity index (χ0v) is 16.1. The molecule has 138 valence electrons. The zero-order chi connectivity index (χ0) is 19.6. The molecule has 2 aromatic carbocycles. The summed E-state index contributed by atoms with van der Waals surface area (Å²) in [6, 6.07) is 10.2. The first-order chi connectivity index (χ1) is 12.8. The predicted molar refractivity (Wildman–Crippen MR) is 107 cm³/mol. The number of halogens is 2. The van der Waals surface area contributed by atoms with Gasteiger partial charge >= 0.3 is 0 Å². The smallest absolute Gasteiger partial charge is 0.289 e. The minimum atomic E-state index is -0.442. The lowest BCUT2D eigenvalue weighted by atomic mass is 10.1. The van der Waals surface area contributed by atoms with E-state index < -0.39 is 5.91 Å². The van der Waals surface area contributed by atoms with Crippen LogP contribution in [0.5, 0.6) is 5.75 Å². The molecule has 0 atom stereocenters. The van der Waals surface area contributed by atoms with Crippen molar-refractivity contribution in [1.82, 2.24) is 15.6 Å². The Labute approximate surface area is 165 Å². The summed E-state index contributed by atoms with van der Waals surface area (Å²) in [5.74, 6) is -0.190. The number of nitrogens with zero attached hydrogens (tertiary/aromatic N) is 2. The highest BCUT2D eigenvalue weighted by atomic mass is 35.5. The number of hydrogen-bond acceptors (Lipinski definition) is 4. The highest BCUT2D eigenvalue weighted by molar-refractivity contribution is 6.36. The van der Waals surface area contributed by atoms with E-state index in [9.17, 15) is 9.90 Å². The maximum absolute atomic E-state index is 12.2. The van der Waals surface area contributed by atoms with Gasteiger partial charge in [0.2, 0.25) is 0 Å². The SMILES string of the molecule is Cc1cc(/C=N/NC(=O)c2cc(-c3ccc(Cl)cc3Cl)n[nH]2)cc(C)c1O. The average molecular weight is 403 g/mol. The van der Waals surface area contributed by atoms with Crippen molar-refractivity contribution < 1.29 is 9.90 Å². The average Bonchev–Trinajstić information content (AvgIpc) is 3.09. The van der Waals surface area contributed by atoms with Crippen LogP contribution in [-0.4, -0.2) is 27.4 Å². The second-order valence-corrected chi connectivity index (χ2v) is 6.84. The maximum Gasteiger partial charge on any atom is 0.289 e. The molecular formula is C19H16Cl2N4O2. The standard InChI is InChI=1S/C19H16Cl2N4O2/c1-10-5-12(6-11(2)18(10)26)9-22-25-19(27)17-8-16(23-24-17)14-4-3-13(20)7-15(14)21/h3-9,26H,1-2H3,(H,23,24)(H,25,27)/b22-9+. The number of amides is 1. The van der Waals surface area contributed by atoms with Crippen molar-refractivity contribution in [1.29, 1.82) is 0 Å². The van der Waals surface area contributed by atoms with Crippen molar-refractivity contribution >= 4 is 35.3 Å². The van der Waals surface area contributed by atoms with E-state index in [0.29, 0.717) is 21.3 Å². The van der Waals surface area contributed by atoms with Gasteiger partial charge in [-0.3, -0.25) is 9.89 Å². The minimum absolute atomic E-state index is 0.242. The van der Waals surface area contributed by atoms with Crippen LogP contribution >= 0.6 is 23.2 Å². The Morgan fingerprint density at radius 1 is 1.19 bits per heavy atom. The molecule has 1 heterocycles. The number of aromatic amines is 1. The van der Waals surface area contributed by atoms with E-state index in [4.69, 9.17) is 23.2 Å². The van der Waals surface area contributed by atoms with Crippen LogP contribution in [0.25, 0.3) is 11.3 Å². The van der Waals surface area contributed by atoms with Gasteiger partial charge in [0.1, 0.15) is 11.4 Å². The molecule has 1 amide bonds. The molecule has 8 heteroatoms. The third-order valence-electron chi connectivity index (χ3n) is 3.92. The van der Waals surface area contributed by atoms with Crippen molar-refractivity contribution in [3.8, 4) is 17.0 Å². The largest absolute Gasteiger partial charge is 0.507 e. The maximum atomic E-state index is 12.2. The molecule has 3 aromatic rings. The number of rotatable bonds is 4. The summed E-state index contributed by atoms with van der Waals surface area (Å²) in [6.45, 7) is 3.60. The van der Waals surface area contributed by atoms with Gasteiger partial charge in [-0.2, -0.15) is 10.2 Å². The lowest BCUT2D eigenvalue weighted by Gasteiger charge is -2.04. The third kappa shape index (κ3) is 4.30. The number of H-pyrrole nitrogens is 1. The Morgan fingerprint density at radius 2 is 1.89 bits per heavy atom. The topological polar surface area (TPSA) is 90.4 Å². The van der Waals surface area contributed by atoms with Crippen LogP contribution < -0.4 is 5.43 Å². The third-order valence-corrected chi connectivity index (χ3v) is 4.47. The van der Waals surface area contributed by atoms with Crippen LogP contribution in [-0.2, 0) is 0 Å². The second kappa shape index (κ2) is 7.82. The van der Waals surface area contributed by atoms with Gasteiger partial charge in [-0.05, 0) is 66.9 Å². The molecule has 27 heavy (non-hydrogen) atoms. The van der Waals surface area contributed by atoms with Crippen LogP contribution in [0, 0.1) is 13.8 Å². The van der Waals surface area contributed by atoms with Gasteiger partial charge in [0.25, 0.3) is 5.91 Å². The summed E-state index contributed by atoms with van der Waals surface area (Å²) >= 11 is 12.1.